The second-order valence-corrected chi connectivity index (χ2v) is 4.13. The van der Waals surface area contributed by atoms with Crippen LogP contribution in [0.5, 0.6) is 0 Å². The van der Waals surface area contributed by atoms with Gasteiger partial charge in [0.15, 0.2) is 0 Å². The molecule has 15 heavy (non-hydrogen) atoms. The molecule has 1 aromatic rings. The van der Waals surface area contributed by atoms with E-state index in [1.165, 1.54) is 0 Å². The Morgan fingerprint density at radius 3 is 2.73 bits per heavy atom. The van der Waals surface area contributed by atoms with Gasteiger partial charge in [0.1, 0.15) is 5.54 Å². The highest BCUT2D eigenvalue weighted by Crippen LogP contribution is 2.23. The zero-order chi connectivity index (χ0) is 10.7. The number of nitriles is 1. The topological polar surface area (TPSA) is 53.1 Å². The molecule has 78 valence electrons. The number of hydrogen-bond donors (Lipinski definition) is 1. The number of piperidine rings is 1. The van der Waals surface area contributed by atoms with Crippen molar-refractivity contribution in [2.24, 2.45) is 5.73 Å². The van der Waals surface area contributed by atoms with E-state index >= 15 is 0 Å². The predicted octanol–water partition coefficient (Wildman–Crippen LogP) is 1.51. The zero-order valence-corrected chi connectivity index (χ0v) is 8.69. The van der Waals surface area contributed by atoms with Crippen LogP contribution in [-0.4, -0.2) is 18.6 Å². The summed E-state index contributed by atoms with van der Waals surface area (Å²) < 4.78 is 0. The normalized spacial score (nSPS) is 26.0. The molecule has 0 amide bonds. The number of nitrogens with two attached hydrogens (primary N) is 1. The summed E-state index contributed by atoms with van der Waals surface area (Å²) >= 11 is 0. The molecule has 1 unspecified atom stereocenters. The molecule has 1 fully saturated rings. The third-order valence-electron chi connectivity index (χ3n) is 2.87. The predicted molar refractivity (Wildman–Crippen MR) is 60.4 cm³/mol. The molecule has 1 aromatic carbocycles. The number of para-hydroxylation sites is 1. The van der Waals surface area contributed by atoms with E-state index in [0.29, 0.717) is 6.54 Å². The molecule has 0 aliphatic carbocycles. The Morgan fingerprint density at radius 2 is 2.07 bits per heavy atom. The van der Waals surface area contributed by atoms with Crippen LogP contribution in [0.15, 0.2) is 30.3 Å². The summed E-state index contributed by atoms with van der Waals surface area (Å²) in [6.07, 6.45) is 1.78. The van der Waals surface area contributed by atoms with E-state index < -0.39 is 5.54 Å². The third-order valence-corrected chi connectivity index (χ3v) is 2.87. The molecule has 2 rings (SSSR count). The van der Waals surface area contributed by atoms with Crippen LogP contribution in [0, 0.1) is 11.3 Å². The van der Waals surface area contributed by atoms with Gasteiger partial charge in [0, 0.05) is 18.8 Å². The molecule has 1 atom stereocenters. The summed E-state index contributed by atoms with van der Waals surface area (Å²) in [5.41, 5.74) is 6.47. The van der Waals surface area contributed by atoms with Gasteiger partial charge in [-0.25, -0.2) is 0 Å². The van der Waals surface area contributed by atoms with Crippen LogP contribution in [0.1, 0.15) is 12.8 Å². The van der Waals surface area contributed by atoms with Crippen LogP contribution >= 0.6 is 0 Å². The largest absolute Gasteiger partial charge is 0.369 e. The first-order valence-corrected chi connectivity index (χ1v) is 5.24. The van der Waals surface area contributed by atoms with E-state index in [1.807, 2.05) is 18.2 Å². The van der Waals surface area contributed by atoms with Gasteiger partial charge in [0.05, 0.1) is 6.07 Å². The van der Waals surface area contributed by atoms with Crippen molar-refractivity contribution >= 4 is 5.69 Å². The van der Waals surface area contributed by atoms with Crippen LogP contribution in [0.2, 0.25) is 0 Å². The first-order chi connectivity index (χ1) is 7.23. The van der Waals surface area contributed by atoms with Crippen LogP contribution in [0.4, 0.5) is 5.69 Å². The molecule has 1 aliphatic heterocycles. The maximum absolute atomic E-state index is 9.01. The lowest BCUT2D eigenvalue weighted by Gasteiger charge is -2.37. The summed E-state index contributed by atoms with van der Waals surface area (Å²) in [5, 5.41) is 9.01. The van der Waals surface area contributed by atoms with Crippen molar-refractivity contribution in [3.05, 3.63) is 30.3 Å². The number of anilines is 1. The standard InChI is InChI=1S/C12H15N3/c13-9-12(14)7-4-8-15(10-12)11-5-2-1-3-6-11/h1-3,5-6H,4,7-8,10,14H2. The minimum absolute atomic E-state index is 0.632. The molecule has 0 aromatic heterocycles. The van der Waals surface area contributed by atoms with Gasteiger partial charge >= 0.3 is 0 Å². The lowest BCUT2D eigenvalue weighted by molar-refractivity contribution is 0.424. The van der Waals surface area contributed by atoms with E-state index in [4.69, 9.17) is 11.0 Å². The smallest absolute Gasteiger partial charge is 0.121 e. The fourth-order valence-corrected chi connectivity index (χ4v) is 2.03. The van der Waals surface area contributed by atoms with Crippen molar-refractivity contribution in [3.8, 4) is 6.07 Å². The fourth-order valence-electron chi connectivity index (χ4n) is 2.03. The maximum atomic E-state index is 9.01. The molecule has 1 aliphatic rings. The second-order valence-electron chi connectivity index (χ2n) is 4.13. The van der Waals surface area contributed by atoms with E-state index in [2.05, 4.69) is 23.1 Å². The molecular weight excluding hydrogens is 186 g/mol. The molecule has 2 N–H and O–H groups in total. The van der Waals surface area contributed by atoms with Gasteiger partial charge in [-0.15, -0.1) is 0 Å². The molecule has 3 heteroatoms. The van der Waals surface area contributed by atoms with Crippen molar-refractivity contribution < 1.29 is 0 Å². The van der Waals surface area contributed by atoms with Crippen LogP contribution in [0.25, 0.3) is 0 Å². The third kappa shape index (κ3) is 2.11. The summed E-state index contributed by atoms with van der Waals surface area (Å²) in [4.78, 5) is 2.19. The Kier molecular flexibility index (Phi) is 2.61. The quantitative estimate of drug-likeness (QED) is 0.749. The number of nitrogens with zero attached hydrogens (tertiary/aromatic N) is 2. The van der Waals surface area contributed by atoms with Crippen molar-refractivity contribution in [2.75, 3.05) is 18.0 Å². The van der Waals surface area contributed by atoms with E-state index in [0.717, 1.165) is 25.1 Å². The SMILES string of the molecule is N#CC1(N)CCCN(c2ccccc2)C1. The molecular formula is C12H15N3. The molecule has 1 saturated heterocycles. The summed E-state index contributed by atoms with van der Waals surface area (Å²) in [6, 6.07) is 12.3. The average Bonchev–Trinajstić information content (AvgIpc) is 2.30. The Hall–Kier alpha value is -1.53. The lowest BCUT2D eigenvalue weighted by Crippen LogP contribution is -2.53. The van der Waals surface area contributed by atoms with Gasteiger partial charge in [-0.3, -0.25) is 0 Å². The fraction of sp³-hybridized carbons (Fsp3) is 0.417. The first-order valence-electron chi connectivity index (χ1n) is 5.24. The highest BCUT2D eigenvalue weighted by atomic mass is 15.2. The lowest BCUT2D eigenvalue weighted by atomic mass is 9.91. The van der Waals surface area contributed by atoms with Crippen molar-refractivity contribution in [3.63, 3.8) is 0 Å². The Balaban J connectivity index is 2.16. The number of rotatable bonds is 1. The highest BCUT2D eigenvalue weighted by molar-refractivity contribution is 5.47. The van der Waals surface area contributed by atoms with Gasteiger partial charge in [-0.05, 0) is 25.0 Å². The molecule has 0 spiro atoms. The highest BCUT2D eigenvalue weighted by Gasteiger charge is 2.31. The van der Waals surface area contributed by atoms with Crippen molar-refractivity contribution in [1.29, 1.82) is 5.26 Å². The van der Waals surface area contributed by atoms with E-state index in [1.54, 1.807) is 0 Å². The van der Waals surface area contributed by atoms with Gasteiger partial charge < -0.3 is 10.6 Å². The van der Waals surface area contributed by atoms with Gasteiger partial charge in [0.25, 0.3) is 0 Å². The Labute approximate surface area is 90.1 Å². The van der Waals surface area contributed by atoms with E-state index in [9.17, 15) is 0 Å². The van der Waals surface area contributed by atoms with E-state index in [-0.39, 0.29) is 0 Å². The summed E-state index contributed by atoms with van der Waals surface area (Å²) in [6.45, 7) is 1.62. The number of hydrogen-bond acceptors (Lipinski definition) is 3. The molecule has 0 saturated carbocycles. The summed E-state index contributed by atoms with van der Waals surface area (Å²) in [5.74, 6) is 0. The minimum Gasteiger partial charge on any atom is -0.369 e. The molecule has 0 bridgehead atoms. The second kappa shape index (κ2) is 3.92. The molecule has 3 nitrogen and oxygen atoms in total. The van der Waals surface area contributed by atoms with Crippen LogP contribution < -0.4 is 10.6 Å². The van der Waals surface area contributed by atoms with Crippen LogP contribution in [-0.2, 0) is 0 Å². The van der Waals surface area contributed by atoms with Gasteiger partial charge in [0.2, 0.25) is 0 Å². The van der Waals surface area contributed by atoms with Gasteiger partial charge in [-0.1, -0.05) is 18.2 Å². The zero-order valence-electron chi connectivity index (χ0n) is 8.69. The average molecular weight is 201 g/mol. The Bertz CT molecular complexity index is 368. The molecule has 1 heterocycles. The maximum Gasteiger partial charge on any atom is 0.121 e. The van der Waals surface area contributed by atoms with Crippen molar-refractivity contribution in [2.45, 2.75) is 18.4 Å². The summed E-state index contributed by atoms with van der Waals surface area (Å²) in [7, 11) is 0. The van der Waals surface area contributed by atoms with Gasteiger partial charge in [-0.2, -0.15) is 5.26 Å². The minimum atomic E-state index is -0.673. The number of benzene rings is 1. The molecule has 0 radical (unpaired) electrons. The monoisotopic (exact) mass is 201 g/mol. The van der Waals surface area contributed by atoms with Crippen LogP contribution in [0.3, 0.4) is 0 Å². The van der Waals surface area contributed by atoms with Crippen molar-refractivity contribution in [1.82, 2.24) is 0 Å². The first kappa shape index (κ1) is 10.0. The Morgan fingerprint density at radius 1 is 1.33 bits per heavy atom.